The fraction of sp³-hybridized carbons (Fsp3) is 0.129. The average molecular weight is 545 g/mol. The van der Waals surface area contributed by atoms with Crippen LogP contribution in [-0.2, 0) is 7.05 Å². The van der Waals surface area contributed by atoms with E-state index in [0.717, 1.165) is 22.2 Å². The number of amides is 1. The van der Waals surface area contributed by atoms with E-state index in [1.54, 1.807) is 29.2 Å². The van der Waals surface area contributed by atoms with Crippen molar-refractivity contribution in [2.75, 3.05) is 5.73 Å². The van der Waals surface area contributed by atoms with Crippen molar-refractivity contribution in [3.8, 4) is 5.69 Å². The van der Waals surface area contributed by atoms with Gasteiger partial charge in [-0.05, 0) is 49.1 Å². The third kappa shape index (κ3) is 4.55. The largest absolute Gasteiger partial charge is 0.381 e. The Morgan fingerprint density at radius 3 is 2.59 bits per heavy atom. The molecule has 0 radical (unpaired) electrons. The molecule has 0 spiro atoms. The molecular formula is C31H28N8O2. The summed E-state index contributed by atoms with van der Waals surface area (Å²) < 4.78 is 4.92. The number of aromatic nitrogens is 6. The molecule has 2 aromatic carbocycles. The number of fused-ring (bicyclic) bond motifs is 2. The zero-order valence-electron chi connectivity index (χ0n) is 22.8. The average Bonchev–Trinajstić information content (AvgIpc) is 3.49. The molecule has 6 rings (SSSR count). The van der Waals surface area contributed by atoms with E-state index in [0.29, 0.717) is 22.4 Å². The Morgan fingerprint density at radius 1 is 1.05 bits per heavy atom. The Kier molecular flexibility index (Phi) is 6.43. The van der Waals surface area contributed by atoms with Crippen molar-refractivity contribution < 1.29 is 4.79 Å². The number of nitrogen functional groups attached to an aromatic ring is 1. The number of hydrogen-bond donors (Lipinski definition) is 2. The van der Waals surface area contributed by atoms with Crippen LogP contribution < -0.4 is 16.6 Å². The normalized spacial score (nSPS) is 12.4. The molecule has 4 aromatic heterocycles. The number of pyridine rings is 1. The molecule has 0 fully saturated rings. The maximum Gasteiger partial charge on any atom is 0.263 e. The number of carbonyl (C=O) groups is 1. The maximum atomic E-state index is 14.3. The number of anilines is 1. The summed E-state index contributed by atoms with van der Waals surface area (Å²) in [6.07, 6.45) is 8.96. The van der Waals surface area contributed by atoms with Crippen molar-refractivity contribution in [2.24, 2.45) is 7.05 Å². The SMILES string of the molecule is Cc1c(/C=C/c2cccc3cc(C(C)NC(=O)c4c(N)nn5cccnc45)n(-c4ccccc4)c(=O)c23)cnn1C. The van der Waals surface area contributed by atoms with Crippen LogP contribution in [0.25, 0.3) is 34.3 Å². The predicted molar refractivity (Wildman–Crippen MR) is 160 cm³/mol. The van der Waals surface area contributed by atoms with E-state index in [1.807, 2.05) is 92.3 Å². The van der Waals surface area contributed by atoms with Gasteiger partial charge in [-0.3, -0.25) is 18.8 Å². The number of aryl methyl sites for hydroxylation is 1. The Balaban J connectivity index is 1.47. The highest BCUT2D eigenvalue weighted by Crippen LogP contribution is 2.26. The number of para-hydroxylation sites is 1. The fourth-order valence-electron chi connectivity index (χ4n) is 5.03. The van der Waals surface area contributed by atoms with Gasteiger partial charge in [-0.2, -0.15) is 5.10 Å². The number of carbonyl (C=O) groups excluding carboxylic acids is 1. The minimum atomic E-state index is -0.560. The predicted octanol–water partition coefficient (Wildman–Crippen LogP) is 4.32. The standard InChI is InChI=1S/C31H28N8O2/c1-19(35-30(40)27-28(32)36-38-16-8-15-33-29(27)38)25-17-22-10-7-9-21(13-14-23-18-34-37(3)20(23)2)26(22)31(41)39(25)24-11-5-4-6-12-24/h4-19H,1-3H3,(H2,32,36)(H,35,40)/b14-13+. The molecular weight excluding hydrogens is 516 g/mol. The lowest BCUT2D eigenvalue weighted by Gasteiger charge is -2.21. The molecule has 1 unspecified atom stereocenters. The summed E-state index contributed by atoms with van der Waals surface area (Å²) in [5.74, 6) is -0.355. The molecule has 0 saturated carbocycles. The molecule has 10 heteroatoms. The van der Waals surface area contributed by atoms with E-state index in [1.165, 1.54) is 4.52 Å². The summed E-state index contributed by atoms with van der Waals surface area (Å²) in [6.45, 7) is 3.83. The zero-order valence-corrected chi connectivity index (χ0v) is 22.8. The van der Waals surface area contributed by atoms with E-state index in [9.17, 15) is 9.59 Å². The molecule has 1 atom stereocenters. The highest BCUT2D eigenvalue weighted by Gasteiger charge is 2.24. The lowest BCUT2D eigenvalue weighted by atomic mass is 10.0. The van der Waals surface area contributed by atoms with E-state index in [4.69, 9.17) is 5.73 Å². The first-order valence-electron chi connectivity index (χ1n) is 13.1. The van der Waals surface area contributed by atoms with Crippen molar-refractivity contribution in [3.05, 3.63) is 118 Å². The maximum absolute atomic E-state index is 14.3. The second-order valence-corrected chi connectivity index (χ2v) is 9.84. The van der Waals surface area contributed by atoms with Crippen molar-refractivity contribution in [1.82, 2.24) is 34.3 Å². The van der Waals surface area contributed by atoms with E-state index < -0.39 is 11.9 Å². The third-order valence-corrected chi connectivity index (χ3v) is 7.28. The Morgan fingerprint density at radius 2 is 1.83 bits per heavy atom. The summed E-state index contributed by atoms with van der Waals surface area (Å²) >= 11 is 0. The molecule has 6 aromatic rings. The molecule has 0 aliphatic heterocycles. The summed E-state index contributed by atoms with van der Waals surface area (Å²) in [5.41, 5.74) is 10.5. The lowest BCUT2D eigenvalue weighted by Crippen LogP contribution is -2.32. The number of nitrogens with two attached hydrogens (primary N) is 1. The summed E-state index contributed by atoms with van der Waals surface area (Å²) in [4.78, 5) is 32.0. The molecule has 3 N–H and O–H groups in total. The number of nitrogens with one attached hydrogen (secondary N) is 1. The minimum absolute atomic E-state index is 0.0765. The number of benzene rings is 2. The van der Waals surface area contributed by atoms with Crippen molar-refractivity contribution in [1.29, 1.82) is 0 Å². The molecule has 41 heavy (non-hydrogen) atoms. The molecule has 4 heterocycles. The van der Waals surface area contributed by atoms with Crippen LogP contribution in [0.4, 0.5) is 5.82 Å². The lowest BCUT2D eigenvalue weighted by molar-refractivity contribution is 0.0941. The van der Waals surface area contributed by atoms with Gasteiger partial charge in [-0.1, -0.05) is 48.6 Å². The van der Waals surface area contributed by atoms with Gasteiger partial charge in [-0.15, -0.1) is 5.10 Å². The smallest absolute Gasteiger partial charge is 0.263 e. The van der Waals surface area contributed by atoms with E-state index in [-0.39, 0.29) is 16.9 Å². The Bertz CT molecular complexity index is 2020. The summed E-state index contributed by atoms with van der Waals surface area (Å²) in [6, 6.07) is 18.2. The third-order valence-electron chi connectivity index (χ3n) is 7.28. The van der Waals surface area contributed by atoms with Crippen molar-refractivity contribution >= 4 is 40.3 Å². The van der Waals surface area contributed by atoms with E-state index >= 15 is 0 Å². The van der Waals surface area contributed by atoms with Crippen LogP contribution in [-0.4, -0.2) is 34.9 Å². The minimum Gasteiger partial charge on any atom is -0.381 e. The van der Waals surface area contributed by atoms with Gasteiger partial charge in [0, 0.05) is 42.1 Å². The van der Waals surface area contributed by atoms with Crippen LogP contribution in [0.2, 0.25) is 0 Å². The first-order valence-corrected chi connectivity index (χ1v) is 13.1. The zero-order chi connectivity index (χ0) is 28.7. The van der Waals surface area contributed by atoms with Gasteiger partial charge in [0.15, 0.2) is 11.5 Å². The molecule has 0 bridgehead atoms. The van der Waals surface area contributed by atoms with Crippen LogP contribution in [0.15, 0.2) is 84.0 Å². The Labute approximate surface area is 235 Å². The van der Waals surface area contributed by atoms with Crippen LogP contribution in [0.1, 0.15) is 45.8 Å². The van der Waals surface area contributed by atoms with Crippen LogP contribution in [0, 0.1) is 6.92 Å². The van der Waals surface area contributed by atoms with E-state index in [2.05, 4.69) is 20.5 Å². The van der Waals surface area contributed by atoms with Gasteiger partial charge in [-0.25, -0.2) is 9.50 Å². The second-order valence-electron chi connectivity index (χ2n) is 9.84. The van der Waals surface area contributed by atoms with Crippen LogP contribution >= 0.6 is 0 Å². The van der Waals surface area contributed by atoms with Crippen LogP contribution in [0.5, 0.6) is 0 Å². The highest BCUT2D eigenvalue weighted by molar-refractivity contribution is 6.04. The molecule has 204 valence electrons. The van der Waals surface area contributed by atoms with Crippen molar-refractivity contribution in [2.45, 2.75) is 19.9 Å². The first-order chi connectivity index (χ1) is 19.8. The van der Waals surface area contributed by atoms with Gasteiger partial charge < -0.3 is 11.1 Å². The molecule has 1 amide bonds. The van der Waals surface area contributed by atoms with Gasteiger partial charge in [0.2, 0.25) is 0 Å². The Hall–Kier alpha value is -5.51. The topological polar surface area (TPSA) is 125 Å². The van der Waals surface area contributed by atoms with Gasteiger partial charge in [0.25, 0.3) is 11.5 Å². The molecule has 0 aliphatic rings. The monoisotopic (exact) mass is 544 g/mol. The number of rotatable bonds is 6. The van der Waals surface area contributed by atoms with Gasteiger partial charge >= 0.3 is 0 Å². The van der Waals surface area contributed by atoms with Gasteiger partial charge in [0.05, 0.1) is 17.6 Å². The fourth-order valence-corrected chi connectivity index (χ4v) is 5.03. The van der Waals surface area contributed by atoms with Crippen LogP contribution in [0.3, 0.4) is 0 Å². The number of hydrogen-bond acceptors (Lipinski definition) is 6. The number of nitrogens with zero attached hydrogens (tertiary/aromatic N) is 6. The van der Waals surface area contributed by atoms with Gasteiger partial charge in [0.1, 0.15) is 5.56 Å². The molecule has 0 aliphatic carbocycles. The quantitative estimate of drug-likeness (QED) is 0.322. The first kappa shape index (κ1) is 25.8. The van der Waals surface area contributed by atoms with Crippen molar-refractivity contribution in [3.63, 3.8) is 0 Å². The highest BCUT2D eigenvalue weighted by atomic mass is 16.2. The summed E-state index contributed by atoms with van der Waals surface area (Å²) in [5, 5.41) is 12.8. The second kappa shape index (κ2) is 10.2. The molecule has 0 saturated heterocycles. The summed E-state index contributed by atoms with van der Waals surface area (Å²) in [7, 11) is 1.89. The molecule has 10 nitrogen and oxygen atoms in total.